The first-order valence-corrected chi connectivity index (χ1v) is 9.96. The smallest absolute Gasteiger partial charge is 0.336 e. The summed E-state index contributed by atoms with van der Waals surface area (Å²) in [6.07, 6.45) is 4.88. The normalized spacial score (nSPS) is 10.9. The standard InChI is InChI=1S/C23H27N3O2/c1-3-5-15-26-22(24-21(25-26)8-4-2)16-17-11-13-18(14-12-17)19-9-6-7-10-20(19)23(27)28/h6-7,9-14H,3-5,8,15-16H2,1-2H3,(H,27,28). The Bertz CT molecular complexity index is 929. The minimum Gasteiger partial charge on any atom is -0.478 e. The fourth-order valence-electron chi connectivity index (χ4n) is 3.28. The molecule has 1 aromatic heterocycles. The van der Waals surface area contributed by atoms with Crippen LogP contribution in [0.4, 0.5) is 0 Å². The van der Waals surface area contributed by atoms with Crippen LogP contribution in [0.15, 0.2) is 48.5 Å². The summed E-state index contributed by atoms with van der Waals surface area (Å²) in [6.45, 7) is 5.21. The SMILES string of the molecule is CCCCn1nc(CCC)nc1Cc1ccc(-c2ccccc2C(=O)O)cc1. The van der Waals surface area contributed by atoms with Crippen molar-refractivity contribution in [1.82, 2.24) is 14.8 Å². The number of carbonyl (C=O) groups is 1. The number of rotatable bonds is 9. The molecule has 1 heterocycles. The van der Waals surface area contributed by atoms with E-state index >= 15 is 0 Å². The van der Waals surface area contributed by atoms with Crippen LogP contribution in [0, 0.1) is 0 Å². The van der Waals surface area contributed by atoms with Gasteiger partial charge in [0.25, 0.3) is 0 Å². The number of aromatic carboxylic acids is 1. The van der Waals surface area contributed by atoms with Gasteiger partial charge in [-0.05, 0) is 35.6 Å². The lowest BCUT2D eigenvalue weighted by atomic mass is 9.98. The van der Waals surface area contributed by atoms with Gasteiger partial charge in [0.1, 0.15) is 5.82 Å². The second-order valence-corrected chi connectivity index (χ2v) is 7.00. The minimum absolute atomic E-state index is 0.318. The van der Waals surface area contributed by atoms with E-state index in [0.717, 1.165) is 67.0 Å². The van der Waals surface area contributed by atoms with Gasteiger partial charge in [0.05, 0.1) is 5.56 Å². The lowest BCUT2D eigenvalue weighted by molar-refractivity contribution is 0.0697. The van der Waals surface area contributed by atoms with Gasteiger partial charge in [0, 0.05) is 19.4 Å². The van der Waals surface area contributed by atoms with Crippen molar-refractivity contribution in [3.63, 3.8) is 0 Å². The van der Waals surface area contributed by atoms with Crippen molar-refractivity contribution in [3.05, 3.63) is 71.3 Å². The highest BCUT2D eigenvalue weighted by Gasteiger charge is 2.12. The Morgan fingerprint density at radius 1 is 1.04 bits per heavy atom. The van der Waals surface area contributed by atoms with Gasteiger partial charge in [-0.25, -0.2) is 14.5 Å². The van der Waals surface area contributed by atoms with E-state index in [1.54, 1.807) is 12.1 Å². The molecule has 0 saturated heterocycles. The number of benzene rings is 2. The van der Waals surface area contributed by atoms with Crippen LogP contribution in [0.3, 0.4) is 0 Å². The third kappa shape index (κ3) is 4.66. The zero-order valence-corrected chi connectivity index (χ0v) is 16.6. The number of aryl methyl sites for hydroxylation is 2. The predicted molar refractivity (Wildman–Crippen MR) is 111 cm³/mol. The van der Waals surface area contributed by atoms with Crippen LogP contribution in [0.1, 0.15) is 60.7 Å². The zero-order chi connectivity index (χ0) is 19.9. The first kappa shape index (κ1) is 19.8. The maximum absolute atomic E-state index is 11.5. The maximum atomic E-state index is 11.5. The Morgan fingerprint density at radius 3 is 2.46 bits per heavy atom. The number of carboxylic acids is 1. The molecule has 2 aromatic carbocycles. The van der Waals surface area contributed by atoms with Crippen molar-refractivity contribution in [2.45, 2.75) is 52.5 Å². The molecule has 0 fully saturated rings. The van der Waals surface area contributed by atoms with Gasteiger partial charge in [0.15, 0.2) is 5.82 Å². The first-order chi connectivity index (χ1) is 13.6. The molecule has 0 unspecified atom stereocenters. The third-order valence-electron chi connectivity index (χ3n) is 4.77. The molecule has 5 heteroatoms. The van der Waals surface area contributed by atoms with Crippen molar-refractivity contribution >= 4 is 5.97 Å². The maximum Gasteiger partial charge on any atom is 0.336 e. The fraction of sp³-hybridized carbons (Fsp3) is 0.348. The average molecular weight is 377 g/mol. The molecular weight excluding hydrogens is 350 g/mol. The van der Waals surface area contributed by atoms with Crippen molar-refractivity contribution in [2.24, 2.45) is 0 Å². The van der Waals surface area contributed by atoms with Gasteiger partial charge in [-0.15, -0.1) is 0 Å². The molecular formula is C23H27N3O2. The van der Waals surface area contributed by atoms with Crippen LogP contribution in [0.5, 0.6) is 0 Å². The molecule has 0 bridgehead atoms. The summed E-state index contributed by atoms with van der Waals surface area (Å²) in [7, 11) is 0. The second-order valence-electron chi connectivity index (χ2n) is 7.00. The van der Waals surface area contributed by atoms with Gasteiger partial charge >= 0.3 is 5.97 Å². The third-order valence-corrected chi connectivity index (χ3v) is 4.77. The molecule has 0 spiro atoms. The van der Waals surface area contributed by atoms with E-state index in [4.69, 9.17) is 4.98 Å². The molecule has 0 amide bonds. The highest BCUT2D eigenvalue weighted by Crippen LogP contribution is 2.24. The van der Waals surface area contributed by atoms with E-state index in [0.29, 0.717) is 5.56 Å². The zero-order valence-electron chi connectivity index (χ0n) is 16.6. The Morgan fingerprint density at radius 2 is 1.79 bits per heavy atom. The minimum atomic E-state index is -0.910. The quantitative estimate of drug-likeness (QED) is 0.571. The Labute approximate surface area is 166 Å². The van der Waals surface area contributed by atoms with Crippen LogP contribution < -0.4 is 0 Å². The molecule has 5 nitrogen and oxygen atoms in total. The van der Waals surface area contributed by atoms with E-state index in [1.807, 2.05) is 41.1 Å². The van der Waals surface area contributed by atoms with Crippen molar-refractivity contribution < 1.29 is 9.90 Å². The summed E-state index contributed by atoms with van der Waals surface area (Å²) in [5, 5.41) is 14.1. The van der Waals surface area contributed by atoms with Crippen LogP contribution in [0.25, 0.3) is 11.1 Å². The molecule has 28 heavy (non-hydrogen) atoms. The van der Waals surface area contributed by atoms with E-state index < -0.39 is 5.97 Å². The summed E-state index contributed by atoms with van der Waals surface area (Å²) < 4.78 is 2.04. The number of unbranched alkanes of at least 4 members (excludes halogenated alkanes) is 1. The Hall–Kier alpha value is -2.95. The van der Waals surface area contributed by atoms with E-state index in [-0.39, 0.29) is 0 Å². The fourth-order valence-corrected chi connectivity index (χ4v) is 3.28. The lowest BCUT2D eigenvalue weighted by Gasteiger charge is -2.08. The Balaban J connectivity index is 1.82. The molecule has 0 aliphatic carbocycles. The van der Waals surface area contributed by atoms with Gasteiger partial charge in [-0.2, -0.15) is 5.10 Å². The highest BCUT2D eigenvalue weighted by atomic mass is 16.4. The van der Waals surface area contributed by atoms with Gasteiger partial charge in [-0.1, -0.05) is 62.7 Å². The van der Waals surface area contributed by atoms with Crippen molar-refractivity contribution in [2.75, 3.05) is 0 Å². The molecule has 3 aromatic rings. The van der Waals surface area contributed by atoms with E-state index in [9.17, 15) is 9.90 Å². The van der Waals surface area contributed by atoms with Gasteiger partial charge in [-0.3, -0.25) is 0 Å². The summed E-state index contributed by atoms with van der Waals surface area (Å²) in [5.74, 6) is 1.00. The Kier molecular flexibility index (Phi) is 6.58. The number of aromatic nitrogens is 3. The number of carboxylic acid groups (broad SMARTS) is 1. The number of hydrogen-bond acceptors (Lipinski definition) is 3. The molecule has 0 saturated carbocycles. The lowest BCUT2D eigenvalue weighted by Crippen LogP contribution is -2.06. The average Bonchev–Trinajstić information content (AvgIpc) is 3.08. The van der Waals surface area contributed by atoms with Crippen LogP contribution in [-0.2, 0) is 19.4 Å². The molecule has 0 aliphatic heterocycles. The van der Waals surface area contributed by atoms with E-state index in [1.165, 1.54) is 0 Å². The molecule has 0 aliphatic rings. The molecule has 1 N–H and O–H groups in total. The summed E-state index contributed by atoms with van der Waals surface area (Å²) in [5.41, 5.74) is 3.10. The van der Waals surface area contributed by atoms with Gasteiger partial charge in [0.2, 0.25) is 0 Å². The van der Waals surface area contributed by atoms with Crippen molar-refractivity contribution in [1.29, 1.82) is 0 Å². The topological polar surface area (TPSA) is 68.0 Å². The monoisotopic (exact) mass is 377 g/mol. The first-order valence-electron chi connectivity index (χ1n) is 9.96. The van der Waals surface area contributed by atoms with Crippen LogP contribution in [-0.4, -0.2) is 25.8 Å². The van der Waals surface area contributed by atoms with Crippen molar-refractivity contribution in [3.8, 4) is 11.1 Å². The molecule has 146 valence electrons. The number of hydrogen-bond donors (Lipinski definition) is 1. The summed E-state index contributed by atoms with van der Waals surface area (Å²) in [6, 6.07) is 15.2. The predicted octanol–water partition coefficient (Wildman–Crippen LogP) is 4.99. The van der Waals surface area contributed by atoms with Crippen LogP contribution in [0.2, 0.25) is 0 Å². The highest BCUT2D eigenvalue weighted by molar-refractivity contribution is 5.95. The molecule has 0 atom stereocenters. The second kappa shape index (κ2) is 9.31. The largest absolute Gasteiger partial charge is 0.478 e. The van der Waals surface area contributed by atoms with E-state index in [2.05, 4.69) is 18.9 Å². The summed E-state index contributed by atoms with van der Waals surface area (Å²) >= 11 is 0. The van der Waals surface area contributed by atoms with Gasteiger partial charge < -0.3 is 5.11 Å². The summed E-state index contributed by atoms with van der Waals surface area (Å²) in [4.78, 5) is 16.2. The number of nitrogens with zero attached hydrogens (tertiary/aromatic N) is 3. The molecule has 3 rings (SSSR count). The molecule has 0 radical (unpaired) electrons. The van der Waals surface area contributed by atoms with Crippen LogP contribution >= 0.6 is 0 Å².